The number of rotatable bonds is 9. The number of nitrogens with zero attached hydrogens (tertiary/aromatic N) is 1. The molecule has 234 valence electrons. The quantitative estimate of drug-likeness (QED) is 0.206. The highest BCUT2D eigenvalue weighted by Crippen LogP contribution is 2.37. The Morgan fingerprint density at radius 2 is 1.64 bits per heavy atom. The van der Waals surface area contributed by atoms with E-state index in [1.54, 1.807) is 24.3 Å². The van der Waals surface area contributed by atoms with Crippen LogP contribution in [-0.2, 0) is 35.8 Å². The number of urea groups is 1. The average molecular weight is 676 g/mol. The third-order valence-electron chi connectivity index (χ3n) is 6.52. The van der Waals surface area contributed by atoms with Crippen LogP contribution in [0.25, 0.3) is 0 Å². The molecule has 1 aliphatic carbocycles. The van der Waals surface area contributed by atoms with Crippen molar-refractivity contribution in [3.05, 3.63) is 117 Å². The molecule has 0 fully saturated rings. The Bertz CT molecular complexity index is 1710. The minimum atomic E-state index is -4.59. The number of phenolic OH excluding ortho intramolecular Hbond substituents is 1. The third kappa shape index (κ3) is 8.29. The molecule has 0 spiro atoms. The first-order valence-corrected chi connectivity index (χ1v) is 15.0. The molecule has 0 heterocycles. The van der Waals surface area contributed by atoms with E-state index in [1.807, 2.05) is 0 Å². The Balaban J connectivity index is 1.56. The second-order valence-electron chi connectivity index (χ2n) is 9.76. The minimum absolute atomic E-state index is 0.0434. The molecule has 0 aliphatic heterocycles. The van der Waals surface area contributed by atoms with Crippen molar-refractivity contribution in [1.29, 1.82) is 0 Å². The molecule has 2 amide bonds. The fourth-order valence-electron chi connectivity index (χ4n) is 4.30. The van der Waals surface area contributed by atoms with Crippen molar-refractivity contribution in [3.8, 4) is 5.75 Å². The molecule has 1 aliphatic rings. The minimum Gasteiger partial charge on any atom is -0.505 e. The van der Waals surface area contributed by atoms with Gasteiger partial charge in [-0.2, -0.15) is 17.5 Å². The Kier molecular flexibility index (Phi) is 10.2. The van der Waals surface area contributed by atoms with Crippen molar-refractivity contribution >= 4 is 39.3 Å². The van der Waals surface area contributed by atoms with Crippen LogP contribution in [0.1, 0.15) is 28.7 Å². The zero-order valence-electron chi connectivity index (χ0n) is 22.5. The second kappa shape index (κ2) is 13.6. The van der Waals surface area contributed by atoms with Crippen molar-refractivity contribution < 1.29 is 40.3 Å². The molecular weight excluding hydrogens is 652 g/mol. The molecule has 7 nitrogen and oxygen atoms in total. The summed E-state index contributed by atoms with van der Waals surface area (Å²) < 4.78 is 94.8. The van der Waals surface area contributed by atoms with Crippen LogP contribution in [0.3, 0.4) is 0 Å². The van der Waals surface area contributed by atoms with E-state index in [2.05, 4.69) is 10.6 Å². The van der Waals surface area contributed by atoms with Crippen LogP contribution < -0.4 is 10.6 Å². The van der Waals surface area contributed by atoms with Gasteiger partial charge in [0.25, 0.3) is 0 Å². The van der Waals surface area contributed by atoms with Crippen molar-refractivity contribution in [3.63, 3.8) is 0 Å². The van der Waals surface area contributed by atoms with Gasteiger partial charge in [0.1, 0.15) is 16.5 Å². The second-order valence-corrected chi connectivity index (χ2v) is 12.5. The van der Waals surface area contributed by atoms with Crippen LogP contribution in [0.2, 0.25) is 10.0 Å². The maximum absolute atomic E-state index is 13.9. The first kappa shape index (κ1) is 33.2. The number of sulfonamides is 1. The number of halogens is 7. The number of hydrogen-bond donors (Lipinski definition) is 3. The van der Waals surface area contributed by atoms with E-state index >= 15 is 0 Å². The lowest BCUT2D eigenvalue weighted by Crippen LogP contribution is -2.42. The van der Waals surface area contributed by atoms with Crippen molar-refractivity contribution in [2.75, 3.05) is 0 Å². The lowest BCUT2D eigenvalue weighted by atomic mass is 10.1. The zero-order valence-corrected chi connectivity index (χ0v) is 24.8. The number of allylic oxidation sites excluding steroid dienone is 2. The van der Waals surface area contributed by atoms with Crippen molar-refractivity contribution in [2.45, 2.75) is 43.2 Å². The summed E-state index contributed by atoms with van der Waals surface area (Å²) in [7, 11) is -4.54. The molecule has 0 saturated heterocycles. The number of carbonyl (C=O) groups is 1. The van der Waals surface area contributed by atoms with Crippen LogP contribution in [0, 0.1) is 0 Å². The van der Waals surface area contributed by atoms with Crippen LogP contribution in [0.5, 0.6) is 5.75 Å². The van der Waals surface area contributed by atoms with E-state index < -0.39 is 56.1 Å². The Labute approximate surface area is 259 Å². The van der Waals surface area contributed by atoms with Crippen molar-refractivity contribution in [1.82, 2.24) is 14.9 Å². The van der Waals surface area contributed by atoms with Gasteiger partial charge in [-0.25, -0.2) is 22.0 Å². The van der Waals surface area contributed by atoms with E-state index in [4.69, 9.17) is 23.2 Å². The fraction of sp³-hybridized carbons (Fsp3) is 0.207. The summed E-state index contributed by atoms with van der Waals surface area (Å²) in [5.41, 5.74) is 0.269. The summed E-state index contributed by atoms with van der Waals surface area (Å²) in [6.07, 6.45) is -2.83. The van der Waals surface area contributed by atoms with Gasteiger partial charge in [0.2, 0.25) is 10.0 Å². The molecule has 0 aromatic heterocycles. The molecule has 3 aromatic rings. The summed E-state index contributed by atoms with van der Waals surface area (Å²) in [5.74, 6) is -2.32. The van der Waals surface area contributed by atoms with E-state index in [-0.39, 0.29) is 41.7 Å². The lowest BCUT2D eigenvalue weighted by molar-refractivity contribution is -0.137. The molecule has 0 radical (unpaired) electrons. The molecule has 3 N–H and O–H groups in total. The molecule has 3 aromatic carbocycles. The van der Waals surface area contributed by atoms with Gasteiger partial charge in [0, 0.05) is 30.7 Å². The van der Waals surface area contributed by atoms with Crippen LogP contribution in [0.4, 0.5) is 26.7 Å². The average Bonchev–Trinajstić information content (AvgIpc) is 2.95. The fourth-order valence-corrected chi connectivity index (χ4v) is 6.46. The number of carbonyl (C=O) groups excluding carboxylic acids is 1. The topological polar surface area (TPSA) is 98.7 Å². The molecule has 15 heteroatoms. The number of alkyl halides is 3. The molecule has 44 heavy (non-hydrogen) atoms. The summed E-state index contributed by atoms with van der Waals surface area (Å²) >= 11 is 12.0. The van der Waals surface area contributed by atoms with Crippen LogP contribution in [-0.4, -0.2) is 29.9 Å². The molecule has 0 bridgehead atoms. The number of amides is 2. The SMILES string of the molecule is O=C(NCc1cccc(CN(Cc2ccc(C(F)(F)F)cc2)S(=O)(=O)c2cc(Cl)cc(Cl)c2O)c1)NC1CC=C(F)C=C1F. The van der Waals surface area contributed by atoms with Gasteiger partial charge in [-0.15, -0.1) is 0 Å². The lowest BCUT2D eigenvalue weighted by Gasteiger charge is -2.24. The Morgan fingerprint density at radius 3 is 2.30 bits per heavy atom. The molecule has 1 unspecified atom stereocenters. The van der Waals surface area contributed by atoms with E-state index in [0.29, 0.717) is 17.2 Å². The van der Waals surface area contributed by atoms with Gasteiger partial charge < -0.3 is 15.7 Å². The van der Waals surface area contributed by atoms with E-state index in [9.17, 15) is 40.3 Å². The maximum atomic E-state index is 13.9. The van der Waals surface area contributed by atoms with Gasteiger partial charge in [-0.05, 0) is 53.5 Å². The predicted octanol–water partition coefficient (Wildman–Crippen LogP) is 7.39. The number of benzene rings is 3. The van der Waals surface area contributed by atoms with Crippen LogP contribution in [0.15, 0.2) is 89.4 Å². The highest BCUT2D eigenvalue weighted by molar-refractivity contribution is 7.89. The van der Waals surface area contributed by atoms with Gasteiger partial charge in [0.15, 0.2) is 5.75 Å². The standard InChI is InChI=1S/C29H24Cl2F5N3O4S/c30-21-11-23(31)27(40)26(12-21)44(42,43)39(15-17-4-6-20(7-5-17)29(34,35)36)16-19-3-1-2-18(10-19)14-37-28(41)38-25-9-8-22(32)13-24(25)33/h1-8,10-13,25,40H,9,14-16H2,(H2,37,38,41). The monoisotopic (exact) mass is 675 g/mol. The summed E-state index contributed by atoms with van der Waals surface area (Å²) in [6.45, 7) is -0.731. The first-order chi connectivity index (χ1) is 20.6. The number of nitrogens with one attached hydrogen (secondary N) is 2. The highest BCUT2D eigenvalue weighted by atomic mass is 35.5. The Morgan fingerprint density at radius 1 is 0.977 bits per heavy atom. The smallest absolute Gasteiger partial charge is 0.416 e. The molecule has 0 saturated carbocycles. The zero-order chi connectivity index (χ0) is 32.2. The largest absolute Gasteiger partial charge is 0.505 e. The summed E-state index contributed by atoms with van der Waals surface area (Å²) in [4.78, 5) is 11.7. The third-order valence-corrected chi connectivity index (χ3v) is 8.83. The van der Waals surface area contributed by atoms with Gasteiger partial charge in [-0.1, -0.05) is 59.6 Å². The molecule has 4 rings (SSSR count). The maximum Gasteiger partial charge on any atom is 0.416 e. The van der Waals surface area contributed by atoms with Gasteiger partial charge in [-0.3, -0.25) is 0 Å². The molecular formula is C29H24Cl2F5N3O4S. The normalized spacial score (nSPS) is 15.5. The van der Waals surface area contributed by atoms with Crippen molar-refractivity contribution in [2.24, 2.45) is 0 Å². The highest BCUT2D eigenvalue weighted by Gasteiger charge is 2.32. The number of aromatic hydroxyl groups is 1. The number of phenols is 1. The Hall–Kier alpha value is -3.65. The van der Waals surface area contributed by atoms with E-state index in [0.717, 1.165) is 46.8 Å². The predicted molar refractivity (Wildman–Crippen MR) is 155 cm³/mol. The van der Waals surface area contributed by atoms with Gasteiger partial charge >= 0.3 is 12.2 Å². The van der Waals surface area contributed by atoms with Gasteiger partial charge in [0.05, 0.1) is 16.6 Å². The molecule has 1 atom stereocenters. The first-order valence-electron chi connectivity index (χ1n) is 12.8. The number of hydrogen-bond acceptors (Lipinski definition) is 4. The van der Waals surface area contributed by atoms with Crippen LogP contribution >= 0.6 is 23.2 Å². The van der Waals surface area contributed by atoms with E-state index in [1.165, 1.54) is 0 Å². The summed E-state index contributed by atoms with van der Waals surface area (Å²) in [6, 6.07) is 10.8. The summed E-state index contributed by atoms with van der Waals surface area (Å²) in [5, 5.41) is 15.0.